The van der Waals surface area contributed by atoms with E-state index in [0.717, 1.165) is 21.4 Å². The molecule has 1 aliphatic heterocycles. The number of piperidine rings is 1. The van der Waals surface area contributed by atoms with Gasteiger partial charge in [0.25, 0.3) is 5.91 Å². The van der Waals surface area contributed by atoms with Crippen molar-refractivity contribution in [3.63, 3.8) is 0 Å². The summed E-state index contributed by atoms with van der Waals surface area (Å²) in [6, 6.07) is 15.6. The van der Waals surface area contributed by atoms with Crippen molar-refractivity contribution < 1.29 is 14.3 Å². The maximum atomic E-state index is 13.4. The molecule has 2 heterocycles. The molecule has 35 heavy (non-hydrogen) atoms. The monoisotopic (exact) mass is 538 g/mol. The van der Waals surface area contributed by atoms with Crippen LogP contribution in [0.15, 0.2) is 59.2 Å². The van der Waals surface area contributed by atoms with Crippen LogP contribution in [0.2, 0.25) is 0 Å². The molecular formula is C27H31BrN4O3. The zero-order valence-electron chi connectivity index (χ0n) is 20.5. The van der Waals surface area contributed by atoms with Crippen molar-refractivity contribution in [2.24, 2.45) is 0 Å². The van der Waals surface area contributed by atoms with Gasteiger partial charge in [-0.05, 0) is 80.7 Å². The van der Waals surface area contributed by atoms with Crippen LogP contribution in [0.1, 0.15) is 61.1 Å². The Balaban J connectivity index is 1.62. The summed E-state index contributed by atoms with van der Waals surface area (Å²) < 4.78 is 8.22. The molecule has 7 nitrogen and oxygen atoms in total. The molecule has 2 amide bonds. The lowest BCUT2D eigenvalue weighted by molar-refractivity contribution is 0.0203. The molecule has 0 unspecified atom stereocenters. The quantitative estimate of drug-likeness (QED) is 0.422. The van der Waals surface area contributed by atoms with Gasteiger partial charge in [0.05, 0.1) is 28.8 Å². The third-order valence-electron chi connectivity index (χ3n) is 5.99. The number of aryl methyl sites for hydroxylation is 1. The molecule has 0 atom stereocenters. The van der Waals surface area contributed by atoms with Gasteiger partial charge in [-0.1, -0.05) is 29.8 Å². The second-order valence-corrected chi connectivity index (χ2v) is 10.7. The van der Waals surface area contributed by atoms with Gasteiger partial charge in [0.2, 0.25) is 0 Å². The predicted molar refractivity (Wildman–Crippen MR) is 140 cm³/mol. The van der Waals surface area contributed by atoms with E-state index < -0.39 is 5.60 Å². The highest BCUT2D eigenvalue weighted by atomic mass is 79.9. The molecule has 3 aromatic rings. The number of nitrogens with zero attached hydrogens (tertiary/aromatic N) is 3. The van der Waals surface area contributed by atoms with Crippen molar-refractivity contribution in [3.8, 4) is 5.69 Å². The number of ether oxygens (including phenoxy) is 1. The van der Waals surface area contributed by atoms with Gasteiger partial charge in [0, 0.05) is 23.5 Å². The maximum absolute atomic E-state index is 13.4. The number of halogens is 1. The lowest BCUT2D eigenvalue weighted by Crippen LogP contribution is -2.41. The molecule has 1 saturated heterocycles. The number of nitrogens with one attached hydrogen (secondary N) is 1. The molecule has 0 aliphatic carbocycles. The Kier molecular flexibility index (Phi) is 7.31. The van der Waals surface area contributed by atoms with E-state index in [4.69, 9.17) is 4.74 Å². The van der Waals surface area contributed by atoms with Gasteiger partial charge in [-0.15, -0.1) is 0 Å². The Morgan fingerprint density at radius 2 is 1.71 bits per heavy atom. The summed E-state index contributed by atoms with van der Waals surface area (Å²) in [6.07, 6.45) is 2.77. The molecule has 184 valence electrons. The number of rotatable bonds is 4. The minimum absolute atomic E-state index is 0.0671. The Morgan fingerprint density at radius 1 is 1.06 bits per heavy atom. The van der Waals surface area contributed by atoms with Crippen LogP contribution in [-0.2, 0) is 4.74 Å². The highest BCUT2D eigenvalue weighted by Gasteiger charge is 2.32. The van der Waals surface area contributed by atoms with Crippen molar-refractivity contribution in [3.05, 3.63) is 76.0 Å². The minimum Gasteiger partial charge on any atom is -0.444 e. The summed E-state index contributed by atoms with van der Waals surface area (Å²) in [5.74, 6) is -0.141. The van der Waals surface area contributed by atoms with Crippen molar-refractivity contribution >= 4 is 33.6 Å². The fourth-order valence-electron chi connectivity index (χ4n) is 4.23. The molecule has 2 aromatic carbocycles. The molecule has 1 fully saturated rings. The summed E-state index contributed by atoms with van der Waals surface area (Å²) in [6.45, 7) is 8.76. The summed E-state index contributed by atoms with van der Waals surface area (Å²) in [5, 5.41) is 7.63. The molecule has 1 aliphatic rings. The predicted octanol–water partition coefficient (Wildman–Crippen LogP) is 6.31. The molecule has 0 radical (unpaired) electrons. The highest BCUT2D eigenvalue weighted by Crippen LogP contribution is 2.33. The third-order valence-corrected chi connectivity index (χ3v) is 6.68. The first-order chi connectivity index (χ1) is 16.6. The van der Waals surface area contributed by atoms with Crippen LogP contribution in [0.5, 0.6) is 0 Å². The average molecular weight is 539 g/mol. The van der Waals surface area contributed by atoms with E-state index in [1.165, 1.54) is 0 Å². The Labute approximate surface area is 214 Å². The van der Waals surface area contributed by atoms with Crippen LogP contribution in [0.4, 0.5) is 10.5 Å². The molecule has 4 rings (SSSR count). The van der Waals surface area contributed by atoms with Crippen molar-refractivity contribution in [1.29, 1.82) is 0 Å². The number of likely N-dealkylation sites (tertiary alicyclic amines) is 1. The number of carbonyl (C=O) groups excluding carboxylic acids is 2. The number of hydrogen-bond acceptors (Lipinski definition) is 4. The summed E-state index contributed by atoms with van der Waals surface area (Å²) in [4.78, 5) is 27.7. The second-order valence-electron chi connectivity index (χ2n) is 9.87. The normalized spacial score (nSPS) is 14.6. The smallest absolute Gasteiger partial charge is 0.410 e. The van der Waals surface area contributed by atoms with E-state index >= 15 is 0 Å². The van der Waals surface area contributed by atoms with Gasteiger partial charge in [-0.25, -0.2) is 9.48 Å². The van der Waals surface area contributed by atoms with Gasteiger partial charge in [0.15, 0.2) is 0 Å². The van der Waals surface area contributed by atoms with Crippen LogP contribution in [0.3, 0.4) is 0 Å². The van der Waals surface area contributed by atoms with Gasteiger partial charge in [-0.2, -0.15) is 5.10 Å². The zero-order valence-corrected chi connectivity index (χ0v) is 22.1. The molecule has 8 heteroatoms. The van der Waals surface area contributed by atoms with Gasteiger partial charge >= 0.3 is 6.09 Å². The first-order valence-corrected chi connectivity index (χ1v) is 12.6. The van der Waals surface area contributed by atoms with Crippen LogP contribution < -0.4 is 5.32 Å². The Hall–Kier alpha value is -3.13. The SMILES string of the molecule is Cc1ccc(-n2ncc(C(=O)Nc3ccccc3Br)c2C2CCN(C(=O)OC(C)(C)C)CC2)cc1. The van der Waals surface area contributed by atoms with Gasteiger partial charge in [0.1, 0.15) is 5.60 Å². The minimum atomic E-state index is -0.533. The second kappa shape index (κ2) is 10.2. The van der Waals surface area contributed by atoms with Gasteiger partial charge in [-0.3, -0.25) is 4.79 Å². The zero-order chi connectivity index (χ0) is 25.2. The largest absolute Gasteiger partial charge is 0.444 e. The summed E-state index contributed by atoms with van der Waals surface area (Å²) in [7, 11) is 0. The molecule has 1 aromatic heterocycles. The van der Waals surface area contributed by atoms with Crippen LogP contribution in [-0.4, -0.2) is 45.4 Å². The Bertz CT molecular complexity index is 1210. The third kappa shape index (κ3) is 5.93. The standard InChI is InChI=1S/C27H31BrN4O3/c1-18-9-11-20(12-10-18)32-24(19-13-15-31(16-14-19)26(34)35-27(2,3)4)21(17-29-32)25(33)30-23-8-6-5-7-22(23)28/h5-12,17,19H,13-16H2,1-4H3,(H,30,33). The lowest BCUT2D eigenvalue weighted by Gasteiger charge is -2.34. The summed E-state index contributed by atoms with van der Waals surface area (Å²) >= 11 is 3.50. The van der Waals surface area contributed by atoms with E-state index in [0.29, 0.717) is 37.2 Å². The highest BCUT2D eigenvalue weighted by molar-refractivity contribution is 9.10. The van der Waals surface area contributed by atoms with E-state index in [1.54, 1.807) is 11.1 Å². The van der Waals surface area contributed by atoms with E-state index in [2.05, 4.69) is 26.3 Å². The average Bonchev–Trinajstić information content (AvgIpc) is 3.25. The number of anilines is 1. The van der Waals surface area contributed by atoms with E-state index in [-0.39, 0.29) is 17.9 Å². The molecule has 0 spiro atoms. The number of para-hydroxylation sites is 1. The Morgan fingerprint density at radius 3 is 2.34 bits per heavy atom. The van der Waals surface area contributed by atoms with Crippen molar-refractivity contribution in [1.82, 2.24) is 14.7 Å². The summed E-state index contributed by atoms with van der Waals surface area (Å²) in [5.41, 5.74) is 3.63. The van der Waals surface area contributed by atoms with Crippen LogP contribution >= 0.6 is 15.9 Å². The van der Waals surface area contributed by atoms with Crippen molar-refractivity contribution in [2.45, 2.75) is 52.1 Å². The lowest BCUT2D eigenvalue weighted by atomic mass is 9.90. The molecular weight excluding hydrogens is 508 g/mol. The number of carbonyl (C=O) groups is 2. The van der Waals surface area contributed by atoms with E-state index in [1.807, 2.05) is 80.9 Å². The van der Waals surface area contributed by atoms with E-state index in [9.17, 15) is 9.59 Å². The van der Waals surface area contributed by atoms with Gasteiger partial charge < -0.3 is 15.0 Å². The number of hydrogen-bond donors (Lipinski definition) is 1. The fourth-order valence-corrected chi connectivity index (χ4v) is 4.62. The van der Waals surface area contributed by atoms with Crippen LogP contribution in [0.25, 0.3) is 5.69 Å². The molecule has 0 bridgehead atoms. The number of benzene rings is 2. The first kappa shape index (κ1) is 25.0. The number of amides is 2. The molecule has 1 N–H and O–H groups in total. The number of aromatic nitrogens is 2. The first-order valence-electron chi connectivity index (χ1n) is 11.8. The maximum Gasteiger partial charge on any atom is 0.410 e. The topological polar surface area (TPSA) is 76.5 Å². The van der Waals surface area contributed by atoms with Crippen LogP contribution in [0, 0.1) is 6.92 Å². The van der Waals surface area contributed by atoms with Crippen molar-refractivity contribution in [2.75, 3.05) is 18.4 Å². The fraction of sp³-hybridized carbons (Fsp3) is 0.370. The molecule has 0 saturated carbocycles.